The summed E-state index contributed by atoms with van der Waals surface area (Å²) >= 11 is 0. The molecule has 2 fully saturated rings. The van der Waals surface area contributed by atoms with Gasteiger partial charge < -0.3 is 5.32 Å². The van der Waals surface area contributed by atoms with Gasteiger partial charge in [-0.05, 0) is 12.3 Å². The molecular weight excluding hydrogens is 192 g/mol. The number of fused-ring (bicyclic) bond motifs is 1. The van der Waals surface area contributed by atoms with E-state index in [2.05, 4.69) is 19.2 Å². The number of hydrogen-bond acceptors (Lipinski definition) is 3. The Kier molecular flexibility index (Phi) is 2.54. The predicted octanol–water partition coefficient (Wildman–Crippen LogP) is 0.235. The molecule has 0 aliphatic carbocycles. The van der Waals surface area contributed by atoms with Crippen LogP contribution in [0.1, 0.15) is 20.3 Å². The predicted molar refractivity (Wildman–Crippen MR) is 56.0 cm³/mol. The standard InChI is InChI=1S/C11H18N2O2/c1-6(2)4-8-9-7(5-12-8)10(14)13(3)11(9)15/h6-9,12H,4-5H2,1-3H3/t7-,8-,9+/m0/s1. The second kappa shape index (κ2) is 3.59. The minimum absolute atomic E-state index is 0.000602. The third kappa shape index (κ3) is 1.57. The summed E-state index contributed by atoms with van der Waals surface area (Å²) < 4.78 is 0. The molecule has 0 radical (unpaired) electrons. The van der Waals surface area contributed by atoms with Crippen molar-refractivity contribution in [1.29, 1.82) is 0 Å². The van der Waals surface area contributed by atoms with Crippen molar-refractivity contribution >= 4 is 11.8 Å². The van der Waals surface area contributed by atoms with E-state index < -0.39 is 0 Å². The highest BCUT2D eigenvalue weighted by Crippen LogP contribution is 2.34. The van der Waals surface area contributed by atoms with Crippen molar-refractivity contribution in [3.05, 3.63) is 0 Å². The van der Waals surface area contributed by atoms with E-state index in [1.807, 2.05) is 0 Å². The lowest BCUT2D eigenvalue weighted by Gasteiger charge is -2.19. The van der Waals surface area contributed by atoms with Gasteiger partial charge in [0.1, 0.15) is 0 Å². The highest BCUT2D eigenvalue weighted by Gasteiger charge is 2.52. The third-order valence-corrected chi connectivity index (χ3v) is 3.46. The van der Waals surface area contributed by atoms with Gasteiger partial charge in [0.25, 0.3) is 0 Å². The van der Waals surface area contributed by atoms with Gasteiger partial charge in [0.15, 0.2) is 0 Å². The van der Waals surface area contributed by atoms with E-state index in [0.29, 0.717) is 12.5 Å². The fourth-order valence-electron chi connectivity index (χ4n) is 2.72. The smallest absolute Gasteiger partial charge is 0.234 e. The first kappa shape index (κ1) is 10.6. The zero-order valence-corrected chi connectivity index (χ0v) is 9.49. The molecule has 3 atom stereocenters. The van der Waals surface area contributed by atoms with Crippen molar-refractivity contribution in [2.24, 2.45) is 17.8 Å². The first-order valence-electron chi connectivity index (χ1n) is 5.57. The normalized spacial score (nSPS) is 35.5. The summed E-state index contributed by atoms with van der Waals surface area (Å²) in [6, 6.07) is 0.191. The van der Waals surface area contributed by atoms with Crippen LogP contribution in [-0.4, -0.2) is 36.3 Å². The molecule has 15 heavy (non-hydrogen) atoms. The second-order valence-corrected chi connectivity index (χ2v) is 5.01. The molecule has 0 spiro atoms. The fourth-order valence-corrected chi connectivity index (χ4v) is 2.72. The number of likely N-dealkylation sites (tertiary alicyclic amines) is 1. The molecule has 0 aromatic carbocycles. The summed E-state index contributed by atoms with van der Waals surface area (Å²) in [5.74, 6) is 0.329. The molecule has 0 aromatic rings. The van der Waals surface area contributed by atoms with Crippen LogP contribution in [0.25, 0.3) is 0 Å². The highest BCUT2D eigenvalue weighted by molar-refractivity contribution is 6.05. The van der Waals surface area contributed by atoms with Gasteiger partial charge in [0.2, 0.25) is 11.8 Å². The van der Waals surface area contributed by atoms with Crippen LogP contribution in [0.15, 0.2) is 0 Å². The summed E-state index contributed by atoms with van der Waals surface area (Å²) in [5, 5.41) is 3.30. The van der Waals surface area contributed by atoms with Crippen LogP contribution < -0.4 is 5.32 Å². The molecule has 4 heteroatoms. The molecule has 1 N–H and O–H groups in total. The van der Waals surface area contributed by atoms with Crippen LogP contribution in [0.3, 0.4) is 0 Å². The molecule has 0 aromatic heterocycles. The van der Waals surface area contributed by atoms with Gasteiger partial charge in [0, 0.05) is 19.6 Å². The van der Waals surface area contributed by atoms with Gasteiger partial charge in [-0.1, -0.05) is 13.8 Å². The van der Waals surface area contributed by atoms with E-state index in [1.54, 1.807) is 7.05 Å². The Labute approximate surface area is 90.0 Å². The number of imide groups is 1. The van der Waals surface area contributed by atoms with Crippen LogP contribution in [0.4, 0.5) is 0 Å². The van der Waals surface area contributed by atoms with Crippen LogP contribution >= 0.6 is 0 Å². The summed E-state index contributed by atoms with van der Waals surface area (Å²) in [6.45, 7) is 4.94. The Hall–Kier alpha value is -0.900. The quantitative estimate of drug-likeness (QED) is 0.664. The summed E-state index contributed by atoms with van der Waals surface area (Å²) in [7, 11) is 1.59. The molecule has 2 saturated heterocycles. The molecule has 0 saturated carbocycles. The first-order valence-corrected chi connectivity index (χ1v) is 5.57. The number of amides is 2. The van der Waals surface area contributed by atoms with Crippen LogP contribution in [0, 0.1) is 17.8 Å². The largest absolute Gasteiger partial charge is 0.312 e. The molecule has 4 nitrogen and oxygen atoms in total. The van der Waals surface area contributed by atoms with Crippen LogP contribution in [-0.2, 0) is 9.59 Å². The second-order valence-electron chi connectivity index (χ2n) is 5.01. The SMILES string of the molecule is CC(C)C[C@@H]1NC[C@@H]2C(=O)N(C)C(=O)[C@@H]12. The van der Waals surface area contributed by atoms with E-state index >= 15 is 0 Å². The minimum Gasteiger partial charge on any atom is -0.312 e. The van der Waals surface area contributed by atoms with E-state index in [9.17, 15) is 9.59 Å². The maximum absolute atomic E-state index is 11.9. The Bertz CT molecular complexity index is 301. The van der Waals surface area contributed by atoms with Crippen molar-refractivity contribution < 1.29 is 9.59 Å². The van der Waals surface area contributed by atoms with Crippen LogP contribution in [0.5, 0.6) is 0 Å². The minimum atomic E-state index is -0.107. The lowest BCUT2D eigenvalue weighted by atomic mass is 9.88. The first-order chi connectivity index (χ1) is 7.02. The Morgan fingerprint density at radius 1 is 1.40 bits per heavy atom. The van der Waals surface area contributed by atoms with Gasteiger partial charge >= 0.3 is 0 Å². The highest BCUT2D eigenvalue weighted by atomic mass is 16.2. The van der Waals surface area contributed by atoms with Crippen molar-refractivity contribution in [3.8, 4) is 0 Å². The zero-order valence-electron chi connectivity index (χ0n) is 9.49. The maximum Gasteiger partial charge on any atom is 0.234 e. The average Bonchev–Trinajstić information content (AvgIpc) is 2.64. The molecule has 84 valence electrons. The summed E-state index contributed by atoms with van der Waals surface area (Å²) in [5.41, 5.74) is 0. The third-order valence-electron chi connectivity index (χ3n) is 3.46. The Morgan fingerprint density at radius 2 is 2.07 bits per heavy atom. The van der Waals surface area contributed by atoms with Crippen molar-refractivity contribution in [2.45, 2.75) is 26.3 Å². The molecule has 0 unspecified atom stereocenters. The van der Waals surface area contributed by atoms with E-state index in [-0.39, 0.29) is 29.7 Å². The molecule has 0 bridgehead atoms. The fraction of sp³-hybridized carbons (Fsp3) is 0.818. The lowest BCUT2D eigenvalue weighted by molar-refractivity contribution is -0.138. The average molecular weight is 210 g/mol. The van der Waals surface area contributed by atoms with Gasteiger partial charge in [-0.15, -0.1) is 0 Å². The Balaban J connectivity index is 2.15. The number of nitrogens with zero attached hydrogens (tertiary/aromatic N) is 1. The van der Waals surface area contributed by atoms with Gasteiger partial charge in [-0.3, -0.25) is 14.5 Å². The topological polar surface area (TPSA) is 49.4 Å². The van der Waals surface area contributed by atoms with E-state index in [0.717, 1.165) is 6.42 Å². The Morgan fingerprint density at radius 3 is 2.67 bits per heavy atom. The van der Waals surface area contributed by atoms with Crippen LogP contribution in [0.2, 0.25) is 0 Å². The maximum atomic E-state index is 11.9. The number of rotatable bonds is 2. The van der Waals surface area contributed by atoms with Gasteiger partial charge in [-0.25, -0.2) is 0 Å². The number of carbonyl (C=O) groups excluding carboxylic acids is 2. The number of nitrogens with one attached hydrogen (secondary N) is 1. The molecule has 2 heterocycles. The molecule has 2 aliphatic heterocycles. The summed E-state index contributed by atoms with van der Waals surface area (Å²) in [6.07, 6.45) is 0.966. The van der Waals surface area contributed by atoms with Gasteiger partial charge in [0.05, 0.1) is 11.8 Å². The summed E-state index contributed by atoms with van der Waals surface area (Å²) in [4.78, 5) is 24.8. The number of carbonyl (C=O) groups is 2. The van der Waals surface area contributed by atoms with Crippen molar-refractivity contribution in [1.82, 2.24) is 10.2 Å². The van der Waals surface area contributed by atoms with Crippen molar-refractivity contribution in [2.75, 3.05) is 13.6 Å². The van der Waals surface area contributed by atoms with E-state index in [4.69, 9.17) is 0 Å². The molecular formula is C11H18N2O2. The van der Waals surface area contributed by atoms with E-state index in [1.165, 1.54) is 4.90 Å². The number of hydrogen-bond donors (Lipinski definition) is 1. The molecule has 2 rings (SSSR count). The van der Waals surface area contributed by atoms with Gasteiger partial charge in [-0.2, -0.15) is 0 Å². The molecule has 2 amide bonds. The molecule has 2 aliphatic rings. The zero-order chi connectivity index (χ0) is 11.2. The van der Waals surface area contributed by atoms with Crippen molar-refractivity contribution in [3.63, 3.8) is 0 Å². The lowest BCUT2D eigenvalue weighted by Crippen LogP contribution is -2.37. The monoisotopic (exact) mass is 210 g/mol.